The Labute approximate surface area is 152 Å². The molecule has 0 saturated carbocycles. The van der Waals surface area contributed by atoms with Gasteiger partial charge in [0.25, 0.3) is 0 Å². The van der Waals surface area contributed by atoms with Crippen molar-refractivity contribution in [2.24, 2.45) is 0 Å². The molecule has 1 unspecified atom stereocenters. The van der Waals surface area contributed by atoms with Crippen LogP contribution in [0.2, 0.25) is 0 Å². The van der Waals surface area contributed by atoms with Gasteiger partial charge in [0.2, 0.25) is 10.3 Å². The number of thioether (sulfide) groups is 2. The molecule has 0 aliphatic heterocycles. The number of aromatic nitrogens is 6. The first-order valence-electron chi connectivity index (χ1n) is 7.63. The number of hydrogen-bond acceptors (Lipinski definition) is 11. The molecular weight excluding hydrogens is 368 g/mol. The lowest BCUT2D eigenvalue weighted by Crippen LogP contribution is -2.21. The third kappa shape index (κ3) is 5.22. The average molecular weight is 390 g/mol. The summed E-state index contributed by atoms with van der Waals surface area (Å²) < 4.78 is 2.53. The van der Waals surface area contributed by atoms with Gasteiger partial charge in [-0.1, -0.05) is 23.5 Å². The Balaban J connectivity index is 1.99. The fourth-order valence-corrected chi connectivity index (χ4v) is 3.47. The summed E-state index contributed by atoms with van der Waals surface area (Å²) in [4.78, 5) is 0. The number of aliphatic hydroxyl groups is 3. The lowest BCUT2D eigenvalue weighted by Gasteiger charge is -2.10. The van der Waals surface area contributed by atoms with Gasteiger partial charge in [-0.15, -0.1) is 20.4 Å². The first-order valence-corrected chi connectivity index (χ1v) is 9.60. The van der Waals surface area contributed by atoms with E-state index < -0.39 is 6.10 Å². The predicted octanol–water partition coefficient (Wildman–Crippen LogP) is -1.48. The Kier molecular flexibility index (Phi) is 7.77. The monoisotopic (exact) mass is 390 g/mol. The molecule has 0 aliphatic carbocycles. The summed E-state index contributed by atoms with van der Waals surface area (Å²) in [7, 11) is 0. The molecule has 2 heterocycles. The molecule has 0 amide bonds. The molecule has 1 atom stereocenters. The molecule has 0 spiro atoms. The molecule has 0 radical (unpaired) electrons. The summed E-state index contributed by atoms with van der Waals surface area (Å²) in [6.07, 6.45) is 0.289. The average Bonchev–Trinajstić information content (AvgIpc) is 3.13. The van der Waals surface area contributed by atoms with E-state index in [0.29, 0.717) is 40.5 Å². The van der Waals surface area contributed by atoms with Crippen LogP contribution in [0.15, 0.2) is 10.3 Å². The summed E-state index contributed by atoms with van der Waals surface area (Å²) in [5.41, 5.74) is 0. The van der Waals surface area contributed by atoms with Gasteiger partial charge in [0.1, 0.15) is 6.10 Å². The van der Waals surface area contributed by atoms with E-state index >= 15 is 0 Å². The smallest absolute Gasteiger partial charge is 0.209 e. The molecular formula is C12H22N8O3S2. The number of rotatable bonds is 11. The Morgan fingerprint density at radius 3 is 2.04 bits per heavy atom. The molecule has 0 saturated heterocycles. The maximum atomic E-state index is 10.4. The lowest BCUT2D eigenvalue weighted by atomic mass is 10.2. The highest BCUT2D eigenvalue weighted by atomic mass is 32.2. The zero-order chi connectivity index (χ0) is 18.2. The molecule has 0 aromatic carbocycles. The Morgan fingerprint density at radius 2 is 1.44 bits per heavy atom. The number of nitrogen functional groups attached to an aromatic ring is 2. The highest BCUT2D eigenvalue weighted by Crippen LogP contribution is 2.22. The summed E-state index contributed by atoms with van der Waals surface area (Å²) >= 11 is 2.72. The number of aliphatic hydroxyl groups excluding tert-OH is 3. The number of nitrogens with zero attached hydrogens (tertiary/aromatic N) is 6. The first-order chi connectivity index (χ1) is 12.1. The van der Waals surface area contributed by atoms with Gasteiger partial charge in [-0.25, -0.2) is 9.35 Å². The Hall–Kier alpha value is -1.54. The molecule has 2 aromatic rings. The van der Waals surface area contributed by atoms with Crippen molar-refractivity contribution in [1.82, 2.24) is 29.7 Å². The van der Waals surface area contributed by atoms with E-state index in [1.807, 2.05) is 0 Å². The molecule has 0 bridgehead atoms. The second-order valence-corrected chi connectivity index (χ2v) is 7.17. The van der Waals surface area contributed by atoms with Crippen LogP contribution < -0.4 is 11.7 Å². The van der Waals surface area contributed by atoms with E-state index in [2.05, 4.69) is 20.4 Å². The van der Waals surface area contributed by atoms with Crippen LogP contribution in [0.25, 0.3) is 0 Å². The quantitative estimate of drug-likeness (QED) is 0.172. The molecule has 0 aliphatic rings. The van der Waals surface area contributed by atoms with Crippen LogP contribution in [-0.2, 0) is 6.42 Å². The Bertz CT molecular complexity index is 665. The highest BCUT2D eigenvalue weighted by molar-refractivity contribution is 7.99. The highest BCUT2D eigenvalue weighted by Gasteiger charge is 2.22. The normalized spacial score (nSPS) is 12.6. The maximum absolute atomic E-state index is 10.4. The molecule has 7 N–H and O–H groups in total. The van der Waals surface area contributed by atoms with Gasteiger partial charge in [-0.05, 0) is 12.8 Å². The van der Waals surface area contributed by atoms with E-state index in [1.165, 1.54) is 32.9 Å². The maximum Gasteiger partial charge on any atom is 0.209 e. The van der Waals surface area contributed by atoms with Crippen molar-refractivity contribution < 1.29 is 15.3 Å². The lowest BCUT2D eigenvalue weighted by molar-refractivity contribution is 0.161. The third-order valence-corrected chi connectivity index (χ3v) is 5.23. The fourth-order valence-electron chi connectivity index (χ4n) is 1.88. The molecule has 11 nitrogen and oxygen atoms in total. The Morgan fingerprint density at radius 1 is 0.880 bits per heavy atom. The van der Waals surface area contributed by atoms with Crippen molar-refractivity contribution in [2.45, 2.75) is 35.7 Å². The summed E-state index contributed by atoms with van der Waals surface area (Å²) in [6.45, 7) is 0.189. The van der Waals surface area contributed by atoms with E-state index in [1.54, 1.807) is 0 Å². The molecule has 2 rings (SSSR count). The van der Waals surface area contributed by atoms with Gasteiger partial charge in [0.15, 0.2) is 11.6 Å². The molecule has 13 heteroatoms. The van der Waals surface area contributed by atoms with E-state index in [-0.39, 0.29) is 25.5 Å². The largest absolute Gasteiger partial charge is 0.396 e. The van der Waals surface area contributed by atoms with Gasteiger partial charge in [-0.2, -0.15) is 0 Å². The van der Waals surface area contributed by atoms with Crippen molar-refractivity contribution >= 4 is 23.5 Å². The van der Waals surface area contributed by atoms with E-state index in [0.717, 1.165) is 0 Å². The second kappa shape index (κ2) is 9.82. The van der Waals surface area contributed by atoms with Crippen LogP contribution in [-0.4, -0.2) is 69.8 Å². The van der Waals surface area contributed by atoms with E-state index in [4.69, 9.17) is 21.9 Å². The minimum Gasteiger partial charge on any atom is -0.396 e. The van der Waals surface area contributed by atoms with Crippen molar-refractivity contribution in [2.75, 3.05) is 36.4 Å². The standard InChI is InChI=1S/C12H22N8O3S2/c13-19-9(15-17-11(19)24-5-1-3-21)7-8(23)10-16-18-12(20(10)14)25-6-2-4-22/h8,21-23H,1-7,13-14H2. The van der Waals surface area contributed by atoms with Gasteiger partial charge in [-0.3, -0.25) is 0 Å². The van der Waals surface area contributed by atoms with Crippen LogP contribution in [0, 0.1) is 0 Å². The van der Waals surface area contributed by atoms with Crippen LogP contribution in [0.1, 0.15) is 30.6 Å². The minimum atomic E-state index is -1.04. The predicted molar refractivity (Wildman–Crippen MR) is 93.9 cm³/mol. The van der Waals surface area contributed by atoms with Gasteiger partial charge in [0.05, 0.1) is 0 Å². The van der Waals surface area contributed by atoms with Crippen LogP contribution in [0.3, 0.4) is 0 Å². The van der Waals surface area contributed by atoms with Crippen molar-refractivity contribution in [3.05, 3.63) is 11.6 Å². The topological polar surface area (TPSA) is 174 Å². The van der Waals surface area contributed by atoms with Gasteiger partial charge < -0.3 is 27.0 Å². The first kappa shape index (κ1) is 19.8. The minimum absolute atomic E-state index is 0.0840. The fraction of sp³-hybridized carbons (Fsp3) is 0.667. The van der Waals surface area contributed by atoms with Gasteiger partial charge in [0, 0.05) is 31.1 Å². The molecule has 2 aromatic heterocycles. The van der Waals surface area contributed by atoms with E-state index in [9.17, 15) is 5.11 Å². The molecule has 25 heavy (non-hydrogen) atoms. The van der Waals surface area contributed by atoms with Crippen LogP contribution >= 0.6 is 23.5 Å². The molecule has 0 fully saturated rings. The SMILES string of the molecule is Nn1c(CC(O)c2nnc(SCCCO)n2N)nnc1SCCCO. The summed E-state index contributed by atoms with van der Waals surface area (Å²) in [5.74, 6) is 13.7. The second-order valence-electron chi connectivity index (χ2n) is 5.05. The van der Waals surface area contributed by atoms with Crippen molar-refractivity contribution in [1.29, 1.82) is 0 Å². The van der Waals surface area contributed by atoms with Gasteiger partial charge >= 0.3 is 0 Å². The van der Waals surface area contributed by atoms with Crippen molar-refractivity contribution in [3.8, 4) is 0 Å². The number of nitrogens with two attached hydrogens (primary N) is 2. The number of hydrogen-bond donors (Lipinski definition) is 5. The van der Waals surface area contributed by atoms with Crippen LogP contribution in [0.5, 0.6) is 0 Å². The summed E-state index contributed by atoms with van der Waals surface area (Å²) in [5, 5.41) is 44.7. The third-order valence-electron chi connectivity index (χ3n) is 3.17. The van der Waals surface area contributed by atoms with Crippen LogP contribution in [0.4, 0.5) is 0 Å². The molecule has 140 valence electrons. The van der Waals surface area contributed by atoms with Crippen molar-refractivity contribution in [3.63, 3.8) is 0 Å². The summed E-state index contributed by atoms with van der Waals surface area (Å²) in [6, 6.07) is 0. The zero-order valence-corrected chi connectivity index (χ0v) is 15.2. The zero-order valence-electron chi connectivity index (χ0n) is 13.5.